The summed E-state index contributed by atoms with van der Waals surface area (Å²) >= 11 is 5.36. The summed E-state index contributed by atoms with van der Waals surface area (Å²) in [5.74, 6) is 1.52. The smallest absolute Gasteiger partial charge is 0.170 e. The quantitative estimate of drug-likeness (QED) is 0.572. The number of nitrogens with one attached hydrogen (secondary N) is 2. The molecule has 0 atom stereocenters. The van der Waals surface area contributed by atoms with E-state index in [-0.39, 0.29) is 0 Å². The minimum absolute atomic E-state index is 0.649. The van der Waals surface area contributed by atoms with Gasteiger partial charge in [0.25, 0.3) is 0 Å². The van der Waals surface area contributed by atoms with Gasteiger partial charge in [0.05, 0.1) is 14.2 Å². The Bertz CT molecular complexity index is 732. The average Bonchev–Trinajstić information content (AvgIpc) is 2.61. The van der Waals surface area contributed by atoms with Crippen LogP contribution >= 0.6 is 12.2 Å². The van der Waals surface area contributed by atoms with E-state index in [1.54, 1.807) is 14.2 Å². The van der Waals surface area contributed by atoms with Crippen LogP contribution in [0, 0.1) is 13.8 Å². The molecule has 25 heavy (non-hydrogen) atoms. The number of ether oxygens (including phenoxy) is 2. The standard InChI is InChI=1S/C20H26N2O2S/c1-14-7-9-17(12-15(14)2)22-20(25)21-11-5-6-16-8-10-18(23-3)19(13-16)24-4/h7-10,12-13H,5-6,11H2,1-4H3,(H2,21,22,25). The molecule has 2 N–H and O–H groups in total. The molecule has 2 rings (SSSR count). The third-order valence-electron chi connectivity index (χ3n) is 4.14. The molecular weight excluding hydrogens is 332 g/mol. The third-order valence-corrected chi connectivity index (χ3v) is 4.39. The summed E-state index contributed by atoms with van der Waals surface area (Å²) in [7, 11) is 3.30. The van der Waals surface area contributed by atoms with Gasteiger partial charge in [-0.15, -0.1) is 0 Å². The van der Waals surface area contributed by atoms with Gasteiger partial charge in [-0.2, -0.15) is 0 Å². The molecule has 0 unspecified atom stereocenters. The number of methoxy groups -OCH3 is 2. The van der Waals surface area contributed by atoms with Gasteiger partial charge >= 0.3 is 0 Å². The lowest BCUT2D eigenvalue weighted by Gasteiger charge is -2.12. The summed E-state index contributed by atoms with van der Waals surface area (Å²) in [6.45, 7) is 5.01. The highest BCUT2D eigenvalue weighted by molar-refractivity contribution is 7.80. The zero-order valence-corrected chi connectivity index (χ0v) is 16.1. The fraction of sp³-hybridized carbons (Fsp3) is 0.350. The molecule has 2 aromatic carbocycles. The van der Waals surface area contributed by atoms with Crippen LogP contribution in [0.2, 0.25) is 0 Å². The molecule has 0 radical (unpaired) electrons. The number of rotatable bonds is 7. The number of hydrogen-bond donors (Lipinski definition) is 2. The zero-order valence-electron chi connectivity index (χ0n) is 15.3. The number of benzene rings is 2. The first kappa shape index (κ1) is 19.1. The van der Waals surface area contributed by atoms with Crippen molar-refractivity contribution in [1.82, 2.24) is 5.32 Å². The van der Waals surface area contributed by atoms with Gasteiger partial charge in [-0.05, 0) is 79.9 Å². The Balaban J connectivity index is 1.77. The monoisotopic (exact) mass is 358 g/mol. The van der Waals surface area contributed by atoms with Crippen molar-refractivity contribution in [3.05, 3.63) is 53.1 Å². The SMILES string of the molecule is COc1ccc(CCCNC(=S)Nc2ccc(C)c(C)c2)cc1OC. The summed E-state index contributed by atoms with van der Waals surface area (Å²) in [5.41, 5.74) is 4.76. The molecule has 0 aliphatic rings. The first-order chi connectivity index (χ1) is 12.0. The van der Waals surface area contributed by atoms with Gasteiger partial charge in [-0.3, -0.25) is 0 Å². The van der Waals surface area contributed by atoms with Crippen LogP contribution in [0.4, 0.5) is 5.69 Å². The van der Waals surface area contributed by atoms with Gasteiger partial charge in [0, 0.05) is 12.2 Å². The number of hydrogen-bond acceptors (Lipinski definition) is 3. The number of anilines is 1. The largest absolute Gasteiger partial charge is 0.493 e. The molecule has 0 aliphatic carbocycles. The molecule has 0 fully saturated rings. The van der Waals surface area contributed by atoms with E-state index >= 15 is 0 Å². The fourth-order valence-electron chi connectivity index (χ4n) is 2.53. The number of thiocarbonyl (C=S) groups is 1. The topological polar surface area (TPSA) is 42.5 Å². The minimum Gasteiger partial charge on any atom is -0.493 e. The van der Waals surface area contributed by atoms with Crippen LogP contribution in [0.1, 0.15) is 23.1 Å². The van der Waals surface area contributed by atoms with E-state index in [1.165, 1.54) is 16.7 Å². The Morgan fingerprint density at radius 1 is 0.960 bits per heavy atom. The molecule has 134 valence electrons. The summed E-state index contributed by atoms with van der Waals surface area (Å²) in [4.78, 5) is 0. The maximum Gasteiger partial charge on any atom is 0.170 e. The first-order valence-electron chi connectivity index (χ1n) is 8.36. The predicted octanol–water partition coefficient (Wildman–Crippen LogP) is 4.24. The van der Waals surface area contributed by atoms with Gasteiger partial charge < -0.3 is 20.1 Å². The van der Waals surface area contributed by atoms with Gasteiger partial charge in [0.1, 0.15) is 0 Å². The Kier molecular flexibility index (Phi) is 7.07. The second kappa shape index (κ2) is 9.28. The maximum atomic E-state index is 5.36. The van der Waals surface area contributed by atoms with E-state index in [1.807, 2.05) is 18.2 Å². The number of aryl methyl sites for hydroxylation is 3. The van der Waals surface area contributed by atoms with Crippen LogP contribution in [-0.2, 0) is 6.42 Å². The van der Waals surface area contributed by atoms with Gasteiger partial charge in [-0.25, -0.2) is 0 Å². The van der Waals surface area contributed by atoms with E-state index in [4.69, 9.17) is 21.7 Å². The van der Waals surface area contributed by atoms with Gasteiger partial charge in [-0.1, -0.05) is 12.1 Å². The third kappa shape index (κ3) is 5.64. The highest BCUT2D eigenvalue weighted by Gasteiger charge is 2.05. The van der Waals surface area contributed by atoms with E-state index in [0.717, 1.165) is 36.6 Å². The zero-order chi connectivity index (χ0) is 18.2. The van der Waals surface area contributed by atoms with Crippen LogP contribution in [0.15, 0.2) is 36.4 Å². The molecule has 0 spiro atoms. The van der Waals surface area contributed by atoms with Crippen LogP contribution < -0.4 is 20.1 Å². The molecule has 0 aliphatic heterocycles. The summed E-state index contributed by atoms with van der Waals surface area (Å²) in [6.07, 6.45) is 1.92. The van der Waals surface area contributed by atoms with Crippen molar-refractivity contribution in [3.8, 4) is 11.5 Å². The molecule has 0 saturated carbocycles. The Hall–Kier alpha value is -2.27. The van der Waals surface area contributed by atoms with Crippen molar-refractivity contribution in [1.29, 1.82) is 0 Å². The molecule has 0 aromatic heterocycles. The lowest BCUT2D eigenvalue weighted by atomic mass is 10.1. The van der Waals surface area contributed by atoms with Crippen molar-refractivity contribution in [2.75, 3.05) is 26.1 Å². The second-order valence-electron chi connectivity index (χ2n) is 5.97. The molecule has 2 aromatic rings. The maximum absolute atomic E-state index is 5.36. The Labute approximate surface area is 155 Å². The van der Waals surface area contributed by atoms with E-state index in [0.29, 0.717) is 5.11 Å². The van der Waals surface area contributed by atoms with Gasteiger partial charge in [0.15, 0.2) is 16.6 Å². The normalized spacial score (nSPS) is 10.2. The molecule has 0 heterocycles. The van der Waals surface area contributed by atoms with Crippen LogP contribution in [0.5, 0.6) is 11.5 Å². The van der Waals surface area contributed by atoms with E-state index in [9.17, 15) is 0 Å². The summed E-state index contributed by atoms with van der Waals surface area (Å²) in [6, 6.07) is 12.3. The van der Waals surface area contributed by atoms with Crippen molar-refractivity contribution < 1.29 is 9.47 Å². The molecule has 4 nitrogen and oxygen atoms in total. The lowest BCUT2D eigenvalue weighted by Crippen LogP contribution is -2.29. The molecule has 0 bridgehead atoms. The molecular formula is C20H26N2O2S. The Morgan fingerprint density at radius 2 is 1.72 bits per heavy atom. The molecule has 0 amide bonds. The second-order valence-corrected chi connectivity index (χ2v) is 6.38. The highest BCUT2D eigenvalue weighted by atomic mass is 32.1. The lowest BCUT2D eigenvalue weighted by molar-refractivity contribution is 0.354. The average molecular weight is 359 g/mol. The predicted molar refractivity (Wildman–Crippen MR) is 108 cm³/mol. The molecule has 0 saturated heterocycles. The summed E-state index contributed by atoms with van der Waals surface area (Å²) < 4.78 is 10.6. The van der Waals surface area contributed by atoms with Crippen LogP contribution in [0.25, 0.3) is 0 Å². The van der Waals surface area contributed by atoms with Crippen molar-refractivity contribution in [3.63, 3.8) is 0 Å². The van der Waals surface area contributed by atoms with Crippen LogP contribution in [0.3, 0.4) is 0 Å². The molecule has 5 heteroatoms. The highest BCUT2D eigenvalue weighted by Crippen LogP contribution is 2.27. The van der Waals surface area contributed by atoms with E-state index in [2.05, 4.69) is 42.7 Å². The van der Waals surface area contributed by atoms with Gasteiger partial charge in [0.2, 0.25) is 0 Å². The minimum atomic E-state index is 0.649. The van der Waals surface area contributed by atoms with Crippen molar-refractivity contribution in [2.24, 2.45) is 0 Å². The Morgan fingerprint density at radius 3 is 2.40 bits per heavy atom. The first-order valence-corrected chi connectivity index (χ1v) is 8.77. The summed E-state index contributed by atoms with van der Waals surface area (Å²) in [5, 5.41) is 7.13. The van der Waals surface area contributed by atoms with Crippen molar-refractivity contribution in [2.45, 2.75) is 26.7 Å². The van der Waals surface area contributed by atoms with Crippen molar-refractivity contribution >= 4 is 23.0 Å². The fourth-order valence-corrected chi connectivity index (χ4v) is 2.74. The van der Waals surface area contributed by atoms with E-state index < -0.39 is 0 Å². The van der Waals surface area contributed by atoms with Crippen LogP contribution in [-0.4, -0.2) is 25.9 Å².